The van der Waals surface area contributed by atoms with Crippen LogP contribution in [-0.2, 0) is 5.41 Å². The van der Waals surface area contributed by atoms with E-state index in [1.165, 1.54) is 5.56 Å². The number of piperidine rings is 1. The summed E-state index contributed by atoms with van der Waals surface area (Å²) in [6.45, 7) is 7.83. The Kier molecular flexibility index (Phi) is 5.54. The number of amides is 2. The molecule has 1 saturated heterocycles. The fraction of sp³-hybridized carbons (Fsp3) is 0.440. The Morgan fingerprint density at radius 3 is 2.57 bits per heavy atom. The van der Waals surface area contributed by atoms with Gasteiger partial charge in [-0.2, -0.15) is 0 Å². The van der Waals surface area contributed by atoms with E-state index >= 15 is 0 Å². The second kappa shape index (κ2) is 8.13. The standard InChI is InChI=1S/C25H30N2O3/c1-25(2,3)18-9-7-17(8-10-18)23(28)26-19-11-12-22-21(16-19)24(29)27-14-5-4-6-20(27)13-15-30-22/h7-12,16,20H,4-6,13-15H2,1-3H3,(H,26,28). The molecule has 2 amide bonds. The van der Waals surface area contributed by atoms with Crippen LogP contribution in [0.5, 0.6) is 5.75 Å². The molecular weight excluding hydrogens is 376 g/mol. The molecule has 2 aliphatic heterocycles. The number of hydrogen-bond donors (Lipinski definition) is 1. The maximum atomic E-state index is 13.2. The summed E-state index contributed by atoms with van der Waals surface area (Å²) in [7, 11) is 0. The molecule has 0 saturated carbocycles. The van der Waals surface area contributed by atoms with Crippen LogP contribution in [0.25, 0.3) is 0 Å². The van der Waals surface area contributed by atoms with E-state index < -0.39 is 0 Å². The first kappa shape index (κ1) is 20.5. The maximum absolute atomic E-state index is 13.2. The molecule has 1 N–H and O–H groups in total. The lowest BCUT2D eigenvalue weighted by atomic mass is 9.87. The van der Waals surface area contributed by atoms with E-state index in [1.54, 1.807) is 18.2 Å². The van der Waals surface area contributed by atoms with Crippen LogP contribution in [-0.4, -0.2) is 35.9 Å². The third-order valence-electron chi connectivity index (χ3n) is 6.08. The van der Waals surface area contributed by atoms with Gasteiger partial charge in [0.05, 0.1) is 12.2 Å². The van der Waals surface area contributed by atoms with E-state index in [9.17, 15) is 9.59 Å². The van der Waals surface area contributed by atoms with E-state index in [2.05, 4.69) is 26.1 Å². The molecule has 1 unspecified atom stereocenters. The molecule has 5 nitrogen and oxygen atoms in total. The minimum atomic E-state index is -0.189. The Labute approximate surface area is 178 Å². The van der Waals surface area contributed by atoms with Crippen molar-refractivity contribution in [3.63, 3.8) is 0 Å². The number of hydrogen-bond acceptors (Lipinski definition) is 3. The fourth-order valence-corrected chi connectivity index (χ4v) is 4.25. The van der Waals surface area contributed by atoms with E-state index in [0.717, 1.165) is 32.2 Å². The summed E-state index contributed by atoms with van der Waals surface area (Å²) in [6.07, 6.45) is 4.10. The molecule has 0 radical (unpaired) electrons. The predicted molar refractivity (Wildman–Crippen MR) is 118 cm³/mol. The number of fused-ring (bicyclic) bond motifs is 2. The largest absolute Gasteiger partial charge is 0.493 e. The first-order valence-corrected chi connectivity index (χ1v) is 10.8. The normalized spacial score (nSPS) is 19.1. The molecule has 4 rings (SSSR count). The number of ether oxygens (including phenoxy) is 1. The van der Waals surface area contributed by atoms with Crippen LogP contribution in [0.15, 0.2) is 42.5 Å². The Morgan fingerprint density at radius 1 is 1.07 bits per heavy atom. The second-order valence-electron chi connectivity index (χ2n) is 9.28. The third kappa shape index (κ3) is 4.20. The molecule has 2 heterocycles. The molecule has 2 aliphatic rings. The SMILES string of the molecule is CC(C)(C)c1ccc(C(=O)Nc2ccc3c(c2)C(=O)N2CCCCC2CCO3)cc1. The highest BCUT2D eigenvalue weighted by Crippen LogP contribution is 2.31. The van der Waals surface area contributed by atoms with E-state index in [4.69, 9.17) is 4.74 Å². The lowest BCUT2D eigenvalue weighted by Gasteiger charge is -2.37. The van der Waals surface area contributed by atoms with Crippen LogP contribution in [0.1, 0.15) is 72.7 Å². The Bertz CT molecular complexity index is 944. The van der Waals surface area contributed by atoms with Crippen molar-refractivity contribution in [3.05, 3.63) is 59.2 Å². The molecule has 2 aromatic rings. The lowest BCUT2D eigenvalue weighted by molar-refractivity contribution is 0.0548. The van der Waals surface area contributed by atoms with Crippen LogP contribution in [0.3, 0.4) is 0 Å². The van der Waals surface area contributed by atoms with Crippen LogP contribution in [0.2, 0.25) is 0 Å². The summed E-state index contributed by atoms with van der Waals surface area (Å²) in [5, 5.41) is 2.93. The summed E-state index contributed by atoms with van der Waals surface area (Å²) in [6, 6.07) is 13.2. The highest BCUT2D eigenvalue weighted by molar-refractivity contribution is 6.05. The number of nitrogens with one attached hydrogen (secondary N) is 1. The number of benzene rings is 2. The van der Waals surface area contributed by atoms with E-state index in [-0.39, 0.29) is 23.3 Å². The Morgan fingerprint density at radius 2 is 1.83 bits per heavy atom. The van der Waals surface area contributed by atoms with Crippen LogP contribution >= 0.6 is 0 Å². The van der Waals surface area contributed by atoms with Crippen molar-refractivity contribution in [1.82, 2.24) is 4.90 Å². The molecule has 0 spiro atoms. The Balaban J connectivity index is 1.55. The minimum absolute atomic E-state index is 0.0000269. The summed E-state index contributed by atoms with van der Waals surface area (Å²) >= 11 is 0. The number of anilines is 1. The quantitative estimate of drug-likeness (QED) is 0.762. The molecule has 0 bridgehead atoms. The molecular formula is C25H30N2O3. The number of carbonyl (C=O) groups excluding carboxylic acids is 2. The minimum Gasteiger partial charge on any atom is -0.493 e. The van der Waals surface area contributed by atoms with Crippen molar-refractivity contribution >= 4 is 17.5 Å². The molecule has 0 aliphatic carbocycles. The van der Waals surface area contributed by atoms with Crippen molar-refractivity contribution in [2.45, 2.75) is 57.9 Å². The monoisotopic (exact) mass is 406 g/mol. The topological polar surface area (TPSA) is 58.6 Å². The first-order chi connectivity index (χ1) is 14.3. The van der Waals surface area contributed by atoms with Gasteiger partial charge in [0.25, 0.3) is 11.8 Å². The molecule has 1 atom stereocenters. The van der Waals surface area contributed by atoms with Gasteiger partial charge in [0.15, 0.2) is 0 Å². The second-order valence-corrected chi connectivity index (χ2v) is 9.28. The van der Waals surface area contributed by atoms with Crippen LogP contribution in [0, 0.1) is 0 Å². The zero-order chi connectivity index (χ0) is 21.3. The molecule has 2 aromatic carbocycles. The van der Waals surface area contributed by atoms with Crippen molar-refractivity contribution in [2.24, 2.45) is 0 Å². The summed E-state index contributed by atoms with van der Waals surface area (Å²) in [5.41, 5.74) is 2.94. The van der Waals surface area contributed by atoms with E-state index in [1.807, 2.05) is 29.2 Å². The first-order valence-electron chi connectivity index (χ1n) is 10.8. The van der Waals surface area contributed by atoms with Gasteiger partial charge in [0.2, 0.25) is 0 Å². The van der Waals surface area contributed by atoms with Gasteiger partial charge >= 0.3 is 0 Å². The highest BCUT2D eigenvalue weighted by Gasteiger charge is 2.31. The van der Waals surface area contributed by atoms with Crippen molar-refractivity contribution in [2.75, 3.05) is 18.5 Å². The van der Waals surface area contributed by atoms with Gasteiger partial charge in [0.1, 0.15) is 5.75 Å². The average Bonchev–Trinajstić information content (AvgIpc) is 2.73. The molecule has 1 fully saturated rings. The number of rotatable bonds is 2. The number of carbonyl (C=O) groups is 2. The average molecular weight is 407 g/mol. The van der Waals surface area contributed by atoms with Gasteiger partial charge in [-0.1, -0.05) is 32.9 Å². The van der Waals surface area contributed by atoms with Gasteiger partial charge in [0, 0.05) is 30.3 Å². The van der Waals surface area contributed by atoms with Crippen molar-refractivity contribution in [1.29, 1.82) is 0 Å². The maximum Gasteiger partial charge on any atom is 0.257 e. The summed E-state index contributed by atoms with van der Waals surface area (Å²) < 4.78 is 5.88. The number of nitrogens with zero attached hydrogens (tertiary/aromatic N) is 1. The van der Waals surface area contributed by atoms with E-state index in [0.29, 0.717) is 29.2 Å². The Hall–Kier alpha value is -2.82. The van der Waals surface area contributed by atoms with Gasteiger partial charge < -0.3 is 15.0 Å². The predicted octanol–water partition coefficient (Wildman–Crippen LogP) is 5.01. The lowest BCUT2D eigenvalue weighted by Crippen LogP contribution is -2.45. The zero-order valence-electron chi connectivity index (χ0n) is 18.0. The summed E-state index contributed by atoms with van der Waals surface area (Å²) in [4.78, 5) is 27.9. The fourth-order valence-electron chi connectivity index (χ4n) is 4.25. The van der Waals surface area contributed by atoms with Crippen LogP contribution < -0.4 is 10.1 Å². The highest BCUT2D eigenvalue weighted by atomic mass is 16.5. The van der Waals surface area contributed by atoms with Crippen LogP contribution in [0.4, 0.5) is 5.69 Å². The molecule has 30 heavy (non-hydrogen) atoms. The van der Waals surface area contributed by atoms with Gasteiger partial charge in [-0.25, -0.2) is 0 Å². The third-order valence-corrected chi connectivity index (χ3v) is 6.08. The smallest absolute Gasteiger partial charge is 0.257 e. The molecule has 0 aromatic heterocycles. The van der Waals surface area contributed by atoms with Gasteiger partial charge in [-0.15, -0.1) is 0 Å². The van der Waals surface area contributed by atoms with Gasteiger partial charge in [-0.3, -0.25) is 9.59 Å². The molecule has 5 heteroatoms. The van der Waals surface area contributed by atoms with Gasteiger partial charge in [-0.05, 0) is 60.6 Å². The van der Waals surface area contributed by atoms with Crippen molar-refractivity contribution < 1.29 is 14.3 Å². The van der Waals surface area contributed by atoms with Crippen molar-refractivity contribution in [3.8, 4) is 5.75 Å². The molecule has 158 valence electrons. The zero-order valence-corrected chi connectivity index (χ0v) is 18.0. The summed E-state index contributed by atoms with van der Waals surface area (Å²) in [5.74, 6) is 0.405.